The van der Waals surface area contributed by atoms with E-state index >= 15 is 0 Å². The molecule has 0 saturated heterocycles. The Morgan fingerprint density at radius 3 is 2.33 bits per heavy atom. The summed E-state index contributed by atoms with van der Waals surface area (Å²) in [6, 6.07) is 1.36. The number of hydrogen-bond acceptors (Lipinski definition) is 2. The third-order valence-electron chi connectivity index (χ3n) is 0.593. The molecule has 1 rings (SSSR count). The summed E-state index contributed by atoms with van der Waals surface area (Å²) in [6.45, 7) is 0. The summed E-state index contributed by atoms with van der Waals surface area (Å²) in [5, 5.41) is 0. The van der Waals surface area contributed by atoms with Crippen LogP contribution in [0.4, 0.5) is 0 Å². The zero-order valence-electron chi connectivity index (χ0n) is 4.40. The zero-order chi connectivity index (χ0) is 5.11. The highest BCUT2D eigenvalue weighted by Crippen LogP contribution is 1.57. The molecule has 3 nitrogen and oxygen atoms in total. The summed E-state index contributed by atoms with van der Waals surface area (Å²) in [5.74, 6) is 0. The Labute approximate surface area is 64.3 Å². The van der Waals surface area contributed by atoms with Gasteiger partial charge in [-0.2, -0.15) is 0 Å². The first-order valence-electron chi connectivity index (χ1n) is 1.88. The van der Waals surface area contributed by atoms with Gasteiger partial charge in [-0.25, -0.2) is 4.98 Å². The van der Waals surface area contributed by atoms with Crippen LogP contribution in [0, 0.1) is 0 Å². The average Bonchev–Trinajstić information content (AvgIpc) is 1.69. The van der Waals surface area contributed by atoms with Gasteiger partial charge in [-0.05, 0) is 0 Å². The maximum absolute atomic E-state index is 10.2. The first-order valence-corrected chi connectivity index (χ1v) is 1.88. The first-order chi connectivity index (χ1) is 3.39. The highest BCUT2D eigenvalue weighted by atomic mass is 35.5. The van der Waals surface area contributed by atoms with Crippen molar-refractivity contribution in [3.8, 4) is 0 Å². The van der Waals surface area contributed by atoms with Gasteiger partial charge < -0.3 is 4.98 Å². The Morgan fingerprint density at radius 2 is 2.11 bits per heavy atom. The molecule has 0 aliphatic heterocycles. The Morgan fingerprint density at radius 1 is 1.44 bits per heavy atom. The number of H-pyrrole nitrogens is 1. The maximum atomic E-state index is 10.2. The van der Waals surface area contributed by atoms with Crippen LogP contribution in [0.25, 0.3) is 0 Å². The molecule has 0 aliphatic carbocycles. The normalized spacial score (nSPS) is 6.67. The van der Waals surface area contributed by atoms with E-state index in [1.54, 1.807) is 0 Å². The summed E-state index contributed by atoms with van der Waals surface area (Å²) < 4.78 is 0. The minimum absolute atomic E-state index is 0. The fourth-order valence-electron chi connectivity index (χ4n) is 0.303. The second-order valence-electron chi connectivity index (χ2n) is 1.10. The second kappa shape index (κ2) is 5.59. The smallest absolute Gasteiger partial charge is 0.250 e. The van der Waals surface area contributed by atoms with Crippen molar-refractivity contribution in [3.63, 3.8) is 0 Å². The first kappa shape index (κ1) is 11.3. The van der Waals surface area contributed by atoms with Crippen molar-refractivity contribution in [2.75, 3.05) is 0 Å². The lowest BCUT2D eigenvalue weighted by Crippen LogP contribution is -2.00. The molecule has 0 bridgehead atoms. The van der Waals surface area contributed by atoms with Crippen LogP contribution in [-0.2, 0) is 0 Å². The Hall–Kier alpha value is -0.540. The van der Waals surface area contributed by atoms with Crippen LogP contribution >= 0.6 is 24.8 Å². The van der Waals surface area contributed by atoms with Gasteiger partial charge in [-0.3, -0.25) is 4.79 Å². The number of hydrogen-bond donors (Lipinski definition) is 1. The van der Waals surface area contributed by atoms with Crippen LogP contribution in [0.3, 0.4) is 0 Å². The van der Waals surface area contributed by atoms with E-state index in [0.29, 0.717) is 0 Å². The van der Waals surface area contributed by atoms with E-state index < -0.39 is 0 Å². The van der Waals surface area contributed by atoms with Gasteiger partial charge in [0, 0.05) is 12.3 Å². The molecule has 1 heterocycles. The summed E-state index contributed by atoms with van der Waals surface area (Å²) >= 11 is 0. The van der Waals surface area contributed by atoms with Crippen molar-refractivity contribution in [2.24, 2.45) is 0 Å². The van der Waals surface area contributed by atoms with Crippen molar-refractivity contribution in [3.05, 3.63) is 28.9 Å². The summed E-state index contributed by atoms with van der Waals surface area (Å²) in [4.78, 5) is 16.1. The molecule has 1 aromatic rings. The maximum Gasteiger partial charge on any atom is 0.250 e. The third kappa shape index (κ3) is 4.00. The standard InChI is InChI=1S/C4H4N2O.2ClH/c7-4-1-2-5-3-6-4;;/h1-3H,(H,5,6,7);2*1H. The second-order valence-corrected chi connectivity index (χ2v) is 1.10. The van der Waals surface area contributed by atoms with Crippen LogP contribution in [0.2, 0.25) is 0 Å². The number of nitrogens with one attached hydrogen (secondary N) is 1. The van der Waals surface area contributed by atoms with E-state index in [1.807, 2.05) is 0 Å². The van der Waals surface area contributed by atoms with Crippen LogP contribution < -0.4 is 5.56 Å². The average molecular weight is 169 g/mol. The van der Waals surface area contributed by atoms with E-state index in [2.05, 4.69) is 9.97 Å². The van der Waals surface area contributed by atoms with E-state index in [0.717, 1.165) is 0 Å². The highest BCUT2D eigenvalue weighted by molar-refractivity contribution is 5.85. The fraction of sp³-hybridized carbons (Fsp3) is 0. The summed E-state index contributed by atoms with van der Waals surface area (Å²) in [5.41, 5.74) is -0.116. The van der Waals surface area contributed by atoms with Gasteiger partial charge in [0.15, 0.2) is 0 Å². The van der Waals surface area contributed by atoms with E-state index in [-0.39, 0.29) is 30.4 Å². The molecule has 0 aliphatic rings. The lowest BCUT2D eigenvalue weighted by Gasteiger charge is -1.73. The molecule has 9 heavy (non-hydrogen) atoms. The van der Waals surface area contributed by atoms with Crippen LogP contribution in [0.15, 0.2) is 23.4 Å². The van der Waals surface area contributed by atoms with Crippen molar-refractivity contribution >= 4 is 24.8 Å². The molecule has 0 saturated carbocycles. The van der Waals surface area contributed by atoms with Crippen molar-refractivity contribution < 1.29 is 0 Å². The van der Waals surface area contributed by atoms with Crippen molar-refractivity contribution in [2.45, 2.75) is 0 Å². The van der Waals surface area contributed by atoms with E-state index in [4.69, 9.17) is 0 Å². The van der Waals surface area contributed by atoms with Gasteiger partial charge in [-0.15, -0.1) is 24.8 Å². The third-order valence-corrected chi connectivity index (χ3v) is 0.593. The fourth-order valence-corrected chi connectivity index (χ4v) is 0.303. The molecule has 0 amide bonds. The molecular weight excluding hydrogens is 163 g/mol. The molecule has 0 fully saturated rings. The van der Waals surface area contributed by atoms with Crippen molar-refractivity contribution in [1.82, 2.24) is 9.97 Å². The van der Waals surface area contributed by atoms with Crippen LogP contribution in [-0.4, -0.2) is 9.97 Å². The molecule has 0 spiro atoms. The molecule has 0 atom stereocenters. The molecule has 52 valence electrons. The quantitative estimate of drug-likeness (QED) is 0.618. The Bertz CT molecular complexity index is 182. The number of halogens is 2. The van der Waals surface area contributed by atoms with Gasteiger partial charge in [0.1, 0.15) is 0 Å². The van der Waals surface area contributed by atoms with Gasteiger partial charge in [-0.1, -0.05) is 0 Å². The lowest BCUT2D eigenvalue weighted by atomic mass is 10.7. The van der Waals surface area contributed by atoms with Crippen molar-refractivity contribution in [1.29, 1.82) is 0 Å². The van der Waals surface area contributed by atoms with E-state index in [1.165, 1.54) is 18.6 Å². The van der Waals surface area contributed by atoms with Gasteiger partial charge in [0.25, 0.3) is 5.56 Å². The number of aromatic amines is 1. The zero-order valence-corrected chi connectivity index (χ0v) is 6.04. The number of rotatable bonds is 0. The SMILES string of the molecule is Cl.Cl.O=c1ccnc[nH]1. The predicted octanol–water partition coefficient (Wildman–Crippen LogP) is 0.614. The Kier molecular flexibility index (Phi) is 7.01. The molecule has 1 N–H and O–H groups in total. The minimum atomic E-state index is -0.116. The molecule has 0 radical (unpaired) electrons. The van der Waals surface area contributed by atoms with Gasteiger partial charge in [0.05, 0.1) is 6.33 Å². The molecule has 0 aromatic carbocycles. The topological polar surface area (TPSA) is 45.8 Å². The molecule has 5 heteroatoms. The van der Waals surface area contributed by atoms with E-state index in [9.17, 15) is 4.79 Å². The van der Waals surface area contributed by atoms with Gasteiger partial charge in [0.2, 0.25) is 0 Å². The van der Waals surface area contributed by atoms with Gasteiger partial charge >= 0.3 is 0 Å². The molecular formula is C4H6Cl2N2O. The number of aromatic nitrogens is 2. The largest absolute Gasteiger partial charge is 0.313 e. The number of nitrogens with zero attached hydrogens (tertiary/aromatic N) is 1. The lowest BCUT2D eigenvalue weighted by molar-refractivity contribution is 1.12. The summed E-state index contributed by atoms with van der Waals surface area (Å²) in [6.07, 6.45) is 2.79. The predicted molar refractivity (Wildman–Crippen MR) is 39.4 cm³/mol. The Balaban J connectivity index is 0. The molecule has 0 unspecified atom stereocenters. The minimum Gasteiger partial charge on any atom is -0.313 e. The van der Waals surface area contributed by atoms with Crippen LogP contribution in [0.1, 0.15) is 0 Å². The molecule has 1 aromatic heterocycles. The summed E-state index contributed by atoms with van der Waals surface area (Å²) in [7, 11) is 0. The highest BCUT2D eigenvalue weighted by Gasteiger charge is 1.70. The van der Waals surface area contributed by atoms with Crippen LogP contribution in [0.5, 0.6) is 0 Å². The monoisotopic (exact) mass is 168 g/mol.